The number of aromatic nitrogens is 2. The molecule has 6 heteroatoms. The number of para-hydroxylation sites is 2. The van der Waals surface area contributed by atoms with Crippen LogP contribution in [0.1, 0.15) is 51.3 Å². The van der Waals surface area contributed by atoms with Gasteiger partial charge in [0.25, 0.3) is 0 Å². The summed E-state index contributed by atoms with van der Waals surface area (Å²) in [5.74, 6) is 2.02. The summed E-state index contributed by atoms with van der Waals surface area (Å²) in [6.45, 7) is 13.5. The fraction of sp³-hybridized carbons (Fsp3) is 0.113. The van der Waals surface area contributed by atoms with Crippen LogP contribution in [-0.4, -0.2) is 9.55 Å². The monoisotopic (exact) mass is 1060 g/mol. The molecule has 0 amide bonds. The zero-order chi connectivity index (χ0) is 45.0. The van der Waals surface area contributed by atoms with E-state index in [0.717, 1.165) is 55.9 Å². The number of hydrogen-bond acceptors (Lipinski definition) is 4. The first kappa shape index (κ1) is 45.9. The molecule has 0 saturated carbocycles. The summed E-state index contributed by atoms with van der Waals surface area (Å²) in [7, 11) is 0. The molecular formula is C62H52N4OPt. The number of anilines is 4. The number of fused-ring (bicyclic) bond motifs is 4. The number of rotatable bonds is 9. The van der Waals surface area contributed by atoms with E-state index in [0.29, 0.717) is 11.5 Å². The number of hydrogen-bond donors (Lipinski definition) is 0. The zero-order valence-electron chi connectivity index (χ0n) is 39.1. The van der Waals surface area contributed by atoms with Gasteiger partial charge in [-0.3, -0.25) is 0 Å². The van der Waals surface area contributed by atoms with E-state index >= 15 is 0 Å². The summed E-state index contributed by atoms with van der Waals surface area (Å²) in [5.41, 5.74) is 14.1. The van der Waals surface area contributed by atoms with Crippen LogP contribution in [0.15, 0.2) is 200 Å². The van der Waals surface area contributed by atoms with Gasteiger partial charge in [-0.1, -0.05) is 161 Å². The molecule has 336 valence electrons. The third-order valence-corrected chi connectivity index (χ3v) is 13.0. The normalized spacial score (nSPS) is 12.4. The van der Waals surface area contributed by atoms with Crippen molar-refractivity contribution in [2.75, 3.05) is 9.80 Å². The minimum absolute atomic E-state index is 0. The first-order valence-corrected chi connectivity index (χ1v) is 22.6. The maximum absolute atomic E-state index is 6.70. The predicted octanol–water partition coefficient (Wildman–Crippen LogP) is 16.4. The molecule has 11 rings (SSSR count). The van der Waals surface area contributed by atoms with Crippen molar-refractivity contribution in [1.82, 2.24) is 9.55 Å². The fourth-order valence-corrected chi connectivity index (χ4v) is 9.23. The van der Waals surface area contributed by atoms with Crippen molar-refractivity contribution in [3.63, 3.8) is 0 Å². The van der Waals surface area contributed by atoms with Crippen molar-refractivity contribution < 1.29 is 25.8 Å². The van der Waals surface area contributed by atoms with Crippen LogP contribution in [0, 0.1) is 26.2 Å². The van der Waals surface area contributed by atoms with Crippen molar-refractivity contribution in [2.24, 2.45) is 0 Å². The summed E-state index contributed by atoms with van der Waals surface area (Å²) in [6, 6.07) is 75.9. The minimum Gasteiger partial charge on any atom is -0.509 e. The molecule has 10 aromatic rings. The van der Waals surface area contributed by atoms with Crippen LogP contribution in [0.2, 0.25) is 0 Å². The van der Waals surface area contributed by atoms with Crippen LogP contribution in [0.25, 0.3) is 49.9 Å². The smallest absolute Gasteiger partial charge is 0.509 e. The third kappa shape index (κ3) is 8.52. The van der Waals surface area contributed by atoms with E-state index in [1.165, 1.54) is 33.4 Å². The van der Waals surface area contributed by atoms with Crippen molar-refractivity contribution in [3.05, 3.63) is 243 Å². The van der Waals surface area contributed by atoms with E-state index in [1.807, 2.05) is 24.4 Å². The molecule has 0 unspecified atom stereocenters. The summed E-state index contributed by atoms with van der Waals surface area (Å²) in [5, 5.41) is 2.20. The number of pyridine rings is 1. The number of nitrogens with zero attached hydrogens (tertiary/aromatic N) is 4. The van der Waals surface area contributed by atoms with Gasteiger partial charge in [-0.25, -0.2) is 4.98 Å². The Balaban J connectivity index is 0.00000289. The second-order valence-corrected chi connectivity index (χ2v) is 18.6. The van der Waals surface area contributed by atoms with E-state index in [-0.39, 0.29) is 39.3 Å². The van der Waals surface area contributed by atoms with Gasteiger partial charge in [0.2, 0.25) is 0 Å². The second kappa shape index (κ2) is 18.5. The van der Waals surface area contributed by atoms with Crippen LogP contribution >= 0.6 is 0 Å². The summed E-state index contributed by atoms with van der Waals surface area (Å²) in [4.78, 5) is 9.41. The van der Waals surface area contributed by atoms with Gasteiger partial charge < -0.3 is 26.5 Å². The molecule has 68 heavy (non-hydrogen) atoms. The molecule has 0 fully saturated rings. The van der Waals surface area contributed by atoms with Gasteiger partial charge in [0, 0.05) is 45.7 Å². The van der Waals surface area contributed by atoms with Gasteiger partial charge in [0.05, 0.1) is 0 Å². The molecule has 0 N–H and O–H groups in total. The van der Waals surface area contributed by atoms with Gasteiger partial charge in [0.1, 0.15) is 5.82 Å². The number of benzene rings is 8. The molecule has 0 bridgehead atoms. The Morgan fingerprint density at radius 1 is 0.500 bits per heavy atom. The van der Waals surface area contributed by atoms with E-state index < -0.39 is 0 Å². The second-order valence-electron chi connectivity index (χ2n) is 18.6. The van der Waals surface area contributed by atoms with E-state index in [2.05, 4.69) is 244 Å². The van der Waals surface area contributed by atoms with Crippen LogP contribution in [0.3, 0.4) is 0 Å². The van der Waals surface area contributed by atoms with E-state index in [4.69, 9.17) is 9.72 Å². The van der Waals surface area contributed by atoms with Gasteiger partial charge in [0.15, 0.2) is 0 Å². The molecular weight excluding hydrogens is 1010 g/mol. The molecule has 1 aliphatic rings. The Bertz CT molecular complexity index is 3390. The van der Waals surface area contributed by atoms with Crippen molar-refractivity contribution in [2.45, 2.75) is 45.4 Å². The van der Waals surface area contributed by atoms with Crippen molar-refractivity contribution >= 4 is 44.6 Å². The summed E-state index contributed by atoms with van der Waals surface area (Å²) < 4.78 is 8.92. The first-order valence-electron chi connectivity index (χ1n) is 22.6. The van der Waals surface area contributed by atoms with Crippen molar-refractivity contribution in [1.29, 1.82) is 0 Å². The zero-order valence-corrected chi connectivity index (χ0v) is 41.4. The molecule has 8 aromatic carbocycles. The van der Waals surface area contributed by atoms with Gasteiger partial charge in [-0.15, -0.1) is 48.1 Å². The number of ether oxygens (including phenoxy) is 1. The van der Waals surface area contributed by atoms with Gasteiger partial charge >= 0.3 is 21.1 Å². The standard InChI is InChI=1S/C61H49N4O.CH3.Pt/c1-60(2,3)47-32-33-62-59(38-47)65-55-31-28-44(42-18-9-6-10-19-42)36-54(55)53-30-29-52(40-58(53)65)66-51-25-17-24-49(39-51)63-41-64(57-27-16-15-26-56(57)63)50-35-45(43-20-11-7-12-21-43)34-48(37-50)61(4,5)46-22-13-8-14-23-46;;/h6-38,41H,1-5H3;1H3;/q-3;-1;+4. The minimum atomic E-state index is -0.244. The topological polar surface area (TPSA) is 33.5 Å². The molecule has 5 nitrogen and oxygen atoms in total. The van der Waals surface area contributed by atoms with Crippen LogP contribution < -0.4 is 14.5 Å². The maximum Gasteiger partial charge on any atom is 4.00 e. The third-order valence-electron chi connectivity index (χ3n) is 13.0. The molecule has 0 spiro atoms. The largest absolute Gasteiger partial charge is 4.00 e. The molecule has 1 aliphatic heterocycles. The van der Waals surface area contributed by atoms with Gasteiger partial charge in [-0.2, -0.15) is 12.1 Å². The average molecular weight is 1060 g/mol. The van der Waals surface area contributed by atoms with Crippen LogP contribution in [0.4, 0.5) is 22.7 Å². The van der Waals surface area contributed by atoms with E-state index in [9.17, 15) is 0 Å². The maximum atomic E-state index is 6.70. The first-order chi connectivity index (χ1) is 32.1. The molecule has 0 aliphatic carbocycles. The Morgan fingerprint density at radius 2 is 1.15 bits per heavy atom. The Morgan fingerprint density at radius 3 is 1.85 bits per heavy atom. The Kier molecular flexibility index (Phi) is 12.5. The Labute approximate surface area is 415 Å². The fourth-order valence-electron chi connectivity index (χ4n) is 9.23. The van der Waals surface area contributed by atoms with Crippen molar-refractivity contribution in [3.8, 4) is 39.6 Å². The van der Waals surface area contributed by atoms with Gasteiger partial charge in [-0.05, 0) is 92.2 Å². The summed E-state index contributed by atoms with van der Waals surface area (Å²) in [6.07, 6.45) is 1.91. The molecule has 3 heterocycles. The van der Waals surface area contributed by atoms with Crippen LogP contribution in [-0.2, 0) is 31.9 Å². The predicted molar refractivity (Wildman–Crippen MR) is 279 cm³/mol. The SMILES string of the molecule is CC(C)(C)c1ccnc(-n2c3[c-]c(Oc4[c-]c(N5[CH-]N(c6cc(-c7ccccc7)cc(C(C)(C)c7ccccc7)c6)c6ccccc65)ccc4)ccc3c3cc(-c4ccccc4)ccc32)c1.[CH3-].[Pt+4]. The molecule has 0 atom stereocenters. The molecule has 2 aromatic heterocycles. The summed E-state index contributed by atoms with van der Waals surface area (Å²) >= 11 is 0. The average Bonchev–Trinajstić information content (AvgIpc) is 3.90. The van der Waals surface area contributed by atoms with Crippen LogP contribution in [0.5, 0.6) is 11.5 Å². The quantitative estimate of drug-likeness (QED) is 0.135. The molecule has 0 radical (unpaired) electrons. The van der Waals surface area contributed by atoms with E-state index in [1.54, 1.807) is 0 Å². The molecule has 0 saturated heterocycles. The Hall–Kier alpha value is -7.20.